The van der Waals surface area contributed by atoms with Crippen LogP contribution >= 0.6 is 0 Å². The van der Waals surface area contributed by atoms with Gasteiger partial charge in [-0.3, -0.25) is 0 Å². The molecule has 0 saturated carbocycles. The van der Waals surface area contributed by atoms with Crippen LogP contribution in [0.3, 0.4) is 0 Å². The molecule has 0 spiro atoms. The van der Waals surface area contributed by atoms with Gasteiger partial charge in [0.05, 0.1) is 35.7 Å². The molecule has 3 N–H and O–H groups in total. The first kappa shape index (κ1) is 24.2. The molecule has 2 aromatic heterocycles. The molecule has 0 bridgehead atoms. The van der Waals surface area contributed by atoms with Crippen molar-refractivity contribution in [1.29, 1.82) is 0 Å². The summed E-state index contributed by atoms with van der Waals surface area (Å²) in [4.78, 5) is 12.8. The first-order valence-electron chi connectivity index (χ1n) is 11.6. The van der Waals surface area contributed by atoms with Crippen LogP contribution in [-0.2, 0) is 23.9 Å². The van der Waals surface area contributed by atoms with Crippen molar-refractivity contribution >= 4 is 28.8 Å². The molecule has 1 saturated heterocycles. The van der Waals surface area contributed by atoms with Crippen LogP contribution in [0.1, 0.15) is 51.0 Å². The predicted octanol–water partition coefficient (Wildman–Crippen LogP) is 2.21. The Labute approximate surface area is 204 Å². The van der Waals surface area contributed by atoms with Gasteiger partial charge in [0.15, 0.2) is 11.6 Å². The number of piperidine rings is 1. The lowest BCUT2D eigenvalue weighted by molar-refractivity contribution is 0.0634. The normalized spacial score (nSPS) is 23.1. The Hall–Kier alpha value is -2.54. The molecule has 5 rings (SSSR count). The average molecular weight is 507 g/mol. The van der Waals surface area contributed by atoms with Crippen molar-refractivity contribution in [1.82, 2.24) is 23.8 Å². The molecule has 0 radical (unpaired) electrons. The zero-order valence-electron chi connectivity index (χ0n) is 19.7. The van der Waals surface area contributed by atoms with Crippen LogP contribution < -0.4 is 5.32 Å². The number of aliphatic hydroxyl groups excluding tert-OH is 1. The topological polar surface area (TPSA) is 116 Å². The van der Waals surface area contributed by atoms with Crippen molar-refractivity contribution in [2.24, 2.45) is 0 Å². The van der Waals surface area contributed by atoms with Gasteiger partial charge in [-0.25, -0.2) is 32.2 Å². The van der Waals surface area contributed by atoms with E-state index in [0.29, 0.717) is 48.3 Å². The molecular formula is C23H28F2N6O3S. The van der Waals surface area contributed by atoms with Crippen molar-refractivity contribution in [3.05, 3.63) is 35.3 Å². The van der Waals surface area contributed by atoms with Crippen molar-refractivity contribution in [3.63, 3.8) is 0 Å². The quantitative estimate of drug-likeness (QED) is 0.392. The zero-order chi connectivity index (χ0) is 25.1. The Balaban J connectivity index is 1.59. The Bertz CT molecular complexity index is 1310. The number of β-amino-alcohol motifs (C(OH)–C–C–N with tert-alkyl or cyclic N) is 1. The number of nitrogens with zero attached hydrogens (tertiary/aromatic N) is 5. The summed E-state index contributed by atoms with van der Waals surface area (Å²) >= 11 is -0.147. The predicted molar refractivity (Wildman–Crippen MR) is 128 cm³/mol. The van der Waals surface area contributed by atoms with Gasteiger partial charge in [0.2, 0.25) is 5.95 Å². The van der Waals surface area contributed by atoms with E-state index in [1.807, 2.05) is 11.5 Å². The molecule has 1 fully saturated rings. The Kier molecular flexibility index (Phi) is 6.10. The maximum atomic E-state index is 15.3. The summed E-state index contributed by atoms with van der Waals surface area (Å²) in [6.07, 6.45) is 2.00. The van der Waals surface area contributed by atoms with Crippen LogP contribution in [0.15, 0.2) is 12.3 Å². The van der Waals surface area contributed by atoms with E-state index in [2.05, 4.69) is 20.3 Å². The van der Waals surface area contributed by atoms with Gasteiger partial charge in [-0.05, 0) is 51.7 Å². The molecular weight excluding hydrogens is 478 g/mol. The van der Waals surface area contributed by atoms with Crippen molar-refractivity contribution in [2.45, 2.75) is 63.8 Å². The Morgan fingerprint density at radius 3 is 2.69 bits per heavy atom. The second-order valence-corrected chi connectivity index (χ2v) is 10.6. The highest BCUT2D eigenvalue weighted by Crippen LogP contribution is 2.41. The third kappa shape index (κ3) is 4.22. The van der Waals surface area contributed by atoms with E-state index in [4.69, 9.17) is 0 Å². The Morgan fingerprint density at radius 2 is 2.00 bits per heavy atom. The molecule has 12 heteroatoms. The molecule has 3 aromatic rings. The number of imidazole rings is 1. The molecule has 188 valence electrons. The Morgan fingerprint density at radius 1 is 1.23 bits per heavy atom. The smallest absolute Gasteiger partial charge is 0.223 e. The molecule has 2 aliphatic heterocycles. The van der Waals surface area contributed by atoms with E-state index in [9.17, 15) is 14.4 Å². The summed E-state index contributed by atoms with van der Waals surface area (Å²) < 4.78 is 44.8. The minimum Gasteiger partial charge on any atom is -0.390 e. The number of halogens is 2. The average Bonchev–Trinajstić information content (AvgIpc) is 3.23. The molecule has 0 aliphatic carbocycles. The van der Waals surface area contributed by atoms with Gasteiger partial charge in [-0.2, -0.15) is 0 Å². The monoisotopic (exact) mass is 506 g/mol. The highest BCUT2D eigenvalue weighted by Gasteiger charge is 2.34. The van der Waals surface area contributed by atoms with Crippen LogP contribution in [-0.4, -0.2) is 63.5 Å². The molecule has 3 atom stereocenters. The minimum absolute atomic E-state index is 0.0167. The lowest BCUT2D eigenvalue weighted by Gasteiger charge is -2.33. The van der Waals surface area contributed by atoms with Crippen molar-refractivity contribution < 1.29 is 23.2 Å². The summed E-state index contributed by atoms with van der Waals surface area (Å²) in [6, 6.07) is 0.826. The van der Waals surface area contributed by atoms with E-state index in [1.165, 1.54) is 6.07 Å². The van der Waals surface area contributed by atoms with Gasteiger partial charge < -0.3 is 20.1 Å². The number of rotatable bonds is 5. The summed E-state index contributed by atoms with van der Waals surface area (Å²) in [7, 11) is 0. The summed E-state index contributed by atoms with van der Waals surface area (Å²) in [5.41, 5.74) is 0.391. The SMILES string of the molecule is C[C@@H]1CCc2c(-c3nc(N[C@@H]4CCN([SH]=O)C[C@H]4O)ncc3F)cc(F)c3nc(C(C)(C)O)n1c23. The second kappa shape index (κ2) is 8.84. The number of aromatic nitrogens is 4. The molecule has 1 aromatic carbocycles. The van der Waals surface area contributed by atoms with E-state index >= 15 is 8.78 Å². The number of nitrogens with one attached hydrogen (secondary N) is 1. The van der Waals surface area contributed by atoms with Gasteiger partial charge in [0.1, 0.15) is 22.6 Å². The molecule has 9 nitrogen and oxygen atoms in total. The first-order valence-corrected chi connectivity index (χ1v) is 12.4. The van der Waals surface area contributed by atoms with Crippen LogP contribution in [0, 0.1) is 11.6 Å². The summed E-state index contributed by atoms with van der Waals surface area (Å²) in [5, 5.41) is 24.1. The minimum atomic E-state index is -1.28. The van der Waals surface area contributed by atoms with E-state index in [1.54, 1.807) is 18.2 Å². The maximum absolute atomic E-state index is 15.3. The molecule has 2 aliphatic rings. The molecule has 0 amide bonds. The number of aliphatic hydroxyl groups is 2. The zero-order valence-corrected chi connectivity index (χ0v) is 20.6. The fraction of sp³-hybridized carbons (Fsp3) is 0.522. The third-order valence-electron chi connectivity index (χ3n) is 6.81. The van der Waals surface area contributed by atoms with Crippen LogP contribution in [0.5, 0.6) is 0 Å². The van der Waals surface area contributed by atoms with Gasteiger partial charge in [-0.15, -0.1) is 0 Å². The lowest BCUT2D eigenvalue weighted by Crippen LogP contribution is -2.48. The lowest BCUT2D eigenvalue weighted by atomic mass is 9.93. The standard InChI is InChI=1S/C23H28F2N6O3S/c1-11-4-5-12-13(8-14(24)19-20(12)31(11)21(28-19)23(2,3)33)18-15(25)9-26-22(29-18)27-16-6-7-30(35-34)10-17(16)32/h8-9,11,16-17,32-33,35H,4-7,10H2,1-3H3,(H,26,27,29)/t11-,16-,17-/m1/s1. The number of hydrogen-bond acceptors (Lipinski definition) is 7. The molecule has 0 unspecified atom stereocenters. The van der Waals surface area contributed by atoms with Crippen LogP contribution in [0.25, 0.3) is 22.3 Å². The number of hydrogen-bond donors (Lipinski definition) is 4. The number of aryl methyl sites for hydroxylation is 1. The number of thiol groups is 1. The van der Waals surface area contributed by atoms with Crippen molar-refractivity contribution in [2.75, 3.05) is 18.4 Å². The highest BCUT2D eigenvalue weighted by atomic mass is 32.2. The summed E-state index contributed by atoms with van der Waals surface area (Å²) in [5.74, 6) is -0.843. The van der Waals surface area contributed by atoms with Crippen LogP contribution in [0.4, 0.5) is 14.7 Å². The van der Waals surface area contributed by atoms with Gasteiger partial charge >= 0.3 is 0 Å². The number of anilines is 1. The maximum Gasteiger partial charge on any atom is 0.223 e. The summed E-state index contributed by atoms with van der Waals surface area (Å²) in [6.45, 7) is 5.92. The third-order valence-corrected chi connectivity index (χ3v) is 7.40. The molecule has 35 heavy (non-hydrogen) atoms. The van der Waals surface area contributed by atoms with Gasteiger partial charge in [0, 0.05) is 24.7 Å². The van der Waals surface area contributed by atoms with Gasteiger partial charge in [-0.1, -0.05) is 0 Å². The highest BCUT2D eigenvalue weighted by molar-refractivity contribution is 7.63. The van der Waals surface area contributed by atoms with Crippen LogP contribution in [0.2, 0.25) is 0 Å². The van der Waals surface area contributed by atoms with Gasteiger partial charge in [0.25, 0.3) is 0 Å². The second-order valence-electron chi connectivity index (χ2n) is 9.83. The number of benzene rings is 1. The first-order chi connectivity index (χ1) is 16.6. The van der Waals surface area contributed by atoms with E-state index < -0.39 is 29.4 Å². The fourth-order valence-corrected chi connectivity index (χ4v) is 5.48. The van der Waals surface area contributed by atoms with Crippen molar-refractivity contribution in [3.8, 4) is 11.3 Å². The van der Waals surface area contributed by atoms with E-state index in [0.717, 1.165) is 6.20 Å². The molecule has 4 heterocycles. The largest absolute Gasteiger partial charge is 0.390 e. The van der Waals surface area contributed by atoms with E-state index in [-0.39, 0.29) is 41.6 Å². The fourth-order valence-electron chi connectivity index (χ4n) is 5.05.